The number of carbonyl (C=O) groups excluding carboxylic acids is 1. The second-order valence-electron chi connectivity index (χ2n) is 9.18. The molecule has 37 heavy (non-hydrogen) atoms. The minimum atomic E-state index is -4.93. The van der Waals surface area contributed by atoms with Gasteiger partial charge in [0, 0.05) is 29.3 Å². The Bertz CT molecular complexity index is 1520. The Kier molecular flexibility index (Phi) is 6.47. The molecule has 13 heteroatoms. The largest absolute Gasteiger partial charge is 0.435 e. The number of hydrogen-bond donors (Lipinski definition) is 1. The van der Waals surface area contributed by atoms with Crippen molar-refractivity contribution in [1.82, 2.24) is 15.2 Å². The third kappa shape index (κ3) is 5.26. The molecular weight excluding hydrogens is 516 g/mol. The van der Waals surface area contributed by atoms with E-state index in [0.717, 1.165) is 32.1 Å². The molecule has 1 fully saturated rings. The zero-order valence-corrected chi connectivity index (χ0v) is 21.0. The number of rotatable bonds is 6. The molecule has 0 unspecified atom stereocenters. The first-order valence-electron chi connectivity index (χ1n) is 11.0. The van der Waals surface area contributed by atoms with E-state index in [1.54, 1.807) is 0 Å². The molecular formula is C24H22F4N4O4S. The van der Waals surface area contributed by atoms with Crippen LogP contribution in [0.3, 0.4) is 0 Å². The van der Waals surface area contributed by atoms with E-state index >= 15 is 4.39 Å². The molecule has 0 aliphatic heterocycles. The highest BCUT2D eigenvalue weighted by atomic mass is 32.2. The van der Waals surface area contributed by atoms with Crippen molar-refractivity contribution in [3.05, 3.63) is 64.2 Å². The number of benzene rings is 1. The number of amides is 1. The van der Waals surface area contributed by atoms with E-state index in [4.69, 9.17) is 4.74 Å². The summed E-state index contributed by atoms with van der Waals surface area (Å²) in [5.74, 6) is -2.54. The van der Waals surface area contributed by atoms with Crippen LogP contribution in [0.1, 0.15) is 52.5 Å². The lowest BCUT2D eigenvalue weighted by Crippen LogP contribution is -2.21. The van der Waals surface area contributed by atoms with Gasteiger partial charge >= 0.3 is 6.18 Å². The Morgan fingerprint density at radius 3 is 2.38 bits per heavy atom. The van der Waals surface area contributed by atoms with Gasteiger partial charge in [-0.05, 0) is 55.9 Å². The molecule has 1 aromatic carbocycles. The Hall–Kier alpha value is -3.61. The van der Waals surface area contributed by atoms with Crippen molar-refractivity contribution in [1.29, 1.82) is 0 Å². The summed E-state index contributed by atoms with van der Waals surface area (Å²) < 4.78 is 84.9. The third-order valence-electron chi connectivity index (χ3n) is 6.24. The fourth-order valence-corrected chi connectivity index (χ4v) is 4.42. The topological polar surface area (TPSA) is 111 Å². The van der Waals surface area contributed by atoms with Crippen LogP contribution in [0, 0.1) is 19.7 Å². The van der Waals surface area contributed by atoms with Crippen molar-refractivity contribution < 1.29 is 35.5 Å². The van der Waals surface area contributed by atoms with Crippen LogP contribution in [0.15, 0.2) is 35.4 Å². The van der Waals surface area contributed by atoms with E-state index in [2.05, 4.69) is 20.5 Å². The highest BCUT2D eigenvalue weighted by molar-refractivity contribution is 7.90. The molecule has 196 valence electrons. The van der Waals surface area contributed by atoms with Gasteiger partial charge in [-0.25, -0.2) is 17.8 Å². The smallest absolute Gasteiger partial charge is 0.418 e. The van der Waals surface area contributed by atoms with Crippen LogP contribution in [0.4, 0.5) is 23.2 Å². The van der Waals surface area contributed by atoms with E-state index in [1.807, 2.05) is 6.92 Å². The van der Waals surface area contributed by atoms with Crippen LogP contribution in [-0.2, 0) is 21.4 Å². The molecule has 2 heterocycles. The number of nitrogens with one attached hydrogen (secondary N) is 1. The summed E-state index contributed by atoms with van der Waals surface area (Å²) in [7, 11) is -3.62. The van der Waals surface area contributed by atoms with Crippen LogP contribution < -0.4 is 10.1 Å². The van der Waals surface area contributed by atoms with E-state index in [9.17, 15) is 26.4 Å². The van der Waals surface area contributed by atoms with Gasteiger partial charge in [-0.15, -0.1) is 10.2 Å². The van der Waals surface area contributed by atoms with Gasteiger partial charge in [-0.3, -0.25) is 4.79 Å². The number of alkyl halides is 3. The zero-order valence-electron chi connectivity index (χ0n) is 20.2. The van der Waals surface area contributed by atoms with Crippen molar-refractivity contribution in [3.63, 3.8) is 0 Å². The van der Waals surface area contributed by atoms with Crippen molar-refractivity contribution in [2.75, 3.05) is 11.6 Å². The fraction of sp³-hybridized carbons (Fsp3) is 0.333. The van der Waals surface area contributed by atoms with Gasteiger partial charge in [-0.2, -0.15) is 13.2 Å². The van der Waals surface area contributed by atoms with Gasteiger partial charge in [0.1, 0.15) is 11.4 Å². The van der Waals surface area contributed by atoms with Crippen molar-refractivity contribution in [2.45, 2.75) is 50.1 Å². The van der Waals surface area contributed by atoms with Crippen molar-refractivity contribution in [3.8, 4) is 11.8 Å². The molecule has 0 spiro atoms. The third-order valence-corrected chi connectivity index (χ3v) is 7.35. The predicted octanol–water partition coefficient (Wildman–Crippen LogP) is 5.15. The molecule has 1 aliphatic rings. The summed E-state index contributed by atoms with van der Waals surface area (Å²) in [6, 6.07) is 5.18. The van der Waals surface area contributed by atoms with Gasteiger partial charge < -0.3 is 10.1 Å². The Labute approximate surface area is 210 Å². The number of halogens is 4. The Balaban J connectivity index is 1.76. The van der Waals surface area contributed by atoms with Gasteiger partial charge in [0.05, 0.1) is 4.90 Å². The summed E-state index contributed by atoms with van der Waals surface area (Å²) in [4.78, 5) is 17.2. The molecule has 1 saturated carbocycles. The minimum Gasteiger partial charge on any atom is -0.418 e. The maximum atomic E-state index is 15.0. The molecule has 8 nitrogen and oxygen atoms in total. The first kappa shape index (κ1) is 26.5. The van der Waals surface area contributed by atoms with Crippen molar-refractivity contribution in [2.24, 2.45) is 0 Å². The molecule has 4 rings (SSSR count). The number of hydrogen-bond acceptors (Lipinski definition) is 7. The summed E-state index contributed by atoms with van der Waals surface area (Å²) in [6.07, 6.45) is -1.08. The average Bonchev–Trinajstić information content (AvgIpc) is 3.53. The predicted molar refractivity (Wildman–Crippen MR) is 125 cm³/mol. The highest BCUT2D eigenvalue weighted by Gasteiger charge is 2.42. The maximum absolute atomic E-state index is 15.0. The Morgan fingerprint density at radius 2 is 1.78 bits per heavy atom. The minimum absolute atomic E-state index is 0.00260. The summed E-state index contributed by atoms with van der Waals surface area (Å²) in [5, 5.41) is 9.01. The number of aromatic nitrogens is 3. The van der Waals surface area contributed by atoms with Gasteiger partial charge in [0.15, 0.2) is 15.5 Å². The second kappa shape index (κ2) is 9.05. The molecule has 3 aromatic rings. The zero-order chi connectivity index (χ0) is 27.3. The van der Waals surface area contributed by atoms with Gasteiger partial charge in [-0.1, -0.05) is 13.0 Å². The number of nitrogens with zero attached hydrogens (tertiary/aromatic N) is 3. The normalized spacial score (nSPS) is 14.8. The molecule has 2 aromatic heterocycles. The van der Waals surface area contributed by atoms with E-state index in [1.165, 1.54) is 31.3 Å². The lowest BCUT2D eigenvalue weighted by atomic mass is 9.98. The van der Waals surface area contributed by atoms with Crippen LogP contribution in [0.5, 0.6) is 11.8 Å². The van der Waals surface area contributed by atoms with Crippen LogP contribution in [0.25, 0.3) is 0 Å². The quantitative estimate of drug-likeness (QED) is 0.432. The van der Waals surface area contributed by atoms with Gasteiger partial charge in [0.25, 0.3) is 11.8 Å². The average molecular weight is 539 g/mol. The first-order valence-corrected chi connectivity index (χ1v) is 12.9. The lowest BCUT2D eigenvalue weighted by Gasteiger charge is -2.17. The molecule has 1 aliphatic carbocycles. The first-order chi connectivity index (χ1) is 17.1. The number of anilines is 1. The fourth-order valence-electron chi connectivity index (χ4n) is 3.75. The summed E-state index contributed by atoms with van der Waals surface area (Å²) >= 11 is 0. The van der Waals surface area contributed by atoms with E-state index in [-0.39, 0.29) is 27.4 Å². The molecule has 0 atom stereocenters. The van der Waals surface area contributed by atoms with Crippen LogP contribution >= 0.6 is 0 Å². The molecule has 0 saturated heterocycles. The number of sulfone groups is 1. The summed E-state index contributed by atoms with van der Waals surface area (Å²) in [5.41, 5.74) is -2.56. The monoisotopic (exact) mass is 538 g/mol. The van der Waals surface area contributed by atoms with E-state index < -0.39 is 50.4 Å². The van der Waals surface area contributed by atoms with Crippen molar-refractivity contribution >= 4 is 21.4 Å². The number of ether oxygens (including phenoxy) is 1. The number of carbonyl (C=O) groups is 1. The molecule has 0 bridgehead atoms. The standard InChI is InChI=1S/C24H22F4N4O4S/c1-12-17(20(33)30-14-6-5-7-15(10-14)37(4,34)35)22(32-31-19(12)24(26,27)28)36-21-13(2)18(25)16(11-29-21)23(3)8-9-23/h5-7,10-11H,8-9H2,1-4H3,(H,30,33). The SMILES string of the molecule is Cc1c(Oc2nnc(C(F)(F)F)c(C)c2C(=O)Nc2cccc(S(C)(=O)=O)c2)ncc(C2(C)CC2)c1F. The maximum Gasteiger partial charge on any atom is 0.435 e. The molecule has 0 radical (unpaired) electrons. The molecule has 1 amide bonds. The van der Waals surface area contributed by atoms with Crippen LogP contribution in [0.2, 0.25) is 0 Å². The lowest BCUT2D eigenvalue weighted by molar-refractivity contribution is -0.142. The van der Waals surface area contributed by atoms with Gasteiger partial charge in [0.2, 0.25) is 5.88 Å². The number of pyridine rings is 1. The summed E-state index contributed by atoms with van der Waals surface area (Å²) in [6.45, 7) is 4.30. The Morgan fingerprint density at radius 1 is 1.11 bits per heavy atom. The second-order valence-corrected chi connectivity index (χ2v) is 11.2. The van der Waals surface area contributed by atoms with Crippen LogP contribution in [-0.4, -0.2) is 35.8 Å². The molecule has 1 N–H and O–H groups in total. The van der Waals surface area contributed by atoms with E-state index in [0.29, 0.717) is 5.56 Å². The highest BCUT2D eigenvalue weighted by Crippen LogP contribution is 2.49.